The first-order chi connectivity index (χ1) is 17.9. The highest BCUT2D eigenvalue weighted by molar-refractivity contribution is 6.20. The van der Waals surface area contributed by atoms with Gasteiger partial charge in [-0.3, -0.25) is 9.59 Å². The summed E-state index contributed by atoms with van der Waals surface area (Å²) in [5.74, 6) is -2.18. The number of imide groups is 1. The molecule has 3 amide bonds. The van der Waals surface area contributed by atoms with Crippen molar-refractivity contribution in [1.82, 2.24) is 10.4 Å². The molecule has 0 bridgehead atoms. The van der Waals surface area contributed by atoms with Crippen molar-refractivity contribution in [2.45, 2.75) is 25.7 Å². The van der Waals surface area contributed by atoms with E-state index in [-0.39, 0.29) is 36.0 Å². The highest BCUT2D eigenvalue weighted by Gasteiger charge is 2.38. The molecule has 37 heavy (non-hydrogen) atoms. The molecule has 0 radical (unpaired) electrons. The van der Waals surface area contributed by atoms with Gasteiger partial charge in [0, 0.05) is 12.5 Å². The first-order valence-electron chi connectivity index (χ1n) is 12.2. The number of nitrogens with zero attached hydrogens (tertiary/aromatic N) is 1. The second-order valence-electron chi connectivity index (χ2n) is 9.26. The predicted octanol–water partition coefficient (Wildman–Crippen LogP) is 4.70. The number of ether oxygens (including phenoxy) is 1. The molecule has 0 spiro atoms. The van der Waals surface area contributed by atoms with E-state index in [1.54, 1.807) is 12.1 Å². The zero-order valence-electron chi connectivity index (χ0n) is 20.3. The molecule has 0 fully saturated rings. The Morgan fingerprint density at radius 1 is 0.838 bits per heavy atom. The Hall–Kier alpha value is -4.46. The van der Waals surface area contributed by atoms with E-state index in [2.05, 4.69) is 29.6 Å². The highest BCUT2D eigenvalue weighted by atomic mass is 16.7. The van der Waals surface area contributed by atoms with E-state index in [1.165, 1.54) is 12.1 Å². The lowest BCUT2D eigenvalue weighted by atomic mass is 9.98. The summed E-state index contributed by atoms with van der Waals surface area (Å²) >= 11 is 0. The summed E-state index contributed by atoms with van der Waals surface area (Å²) in [5, 5.41) is 3.23. The van der Waals surface area contributed by atoms with Crippen LogP contribution in [0.3, 0.4) is 0 Å². The van der Waals surface area contributed by atoms with Crippen LogP contribution in [0.4, 0.5) is 4.79 Å². The Kier molecular flexibility index (Phi) is 6.72. The van der Waals surface area contributed by atoms with Crippen LogP contribution in [-0.4, -0.2) is 42.1 Å². The summed E-state index contributed by atoms with van der Waals surface area (Å²) in [6.07, 6.45) is -0.0519. The first-order valence-corrected chi connectivity index (χ1v) is 12.2. The highest BCUT2D eigenvalue weighted by Crippen LogP contribution is 2.44. The number of alkyl carbamates (subject to hydrolysis) is 1. The Bertz CT molecular complexity index is 1300. The molecule has 1 atom stereocenters. The van der Waals surface area contributed by atoms with Gasteiger partial charge < -0.3 is 14.9 Å². The molecule has 2 aliphatic rings. The minimum Gasteiger partial charge on any atom is -0.449 e. The van der Waals surface area contributed by atoms with Gasteiger partial charge in [0.2, 0.25) is 0 Å². The number of hydrogen-bond donors (Lipinski definition) is 1. The zero-order chi connectivity index (χ0) is 25.9. The fourth-order valence-electron chi connectivity index (χ4n) is 4.85. The van der Waals surface area contributed by atoms with Crippen molar-refractivity contribution in [2.24, 2.45) is 5.92 Å². The fraction of sp³-hybridized carbons (Fsp3) is 0.241. The summed E-state index contributed by atoms with van der Waals surface area (Å²) in [6.45, 7) is 2.35. The summed E-state index contributed by atoms with van der Waals surface area (Å²) in [7, 11) is 0. The maximum Gasteiger partial charge on any atom is 0.407 e. The Labute approximate surface area is 214 Å². The molecule has 3 aromatic rings. The number of nitrogens with one attached hydrogen (secondary N) is 1. The van der Waals surface area contributed by atoms with E-state index in [0.717, 1.165) is 22.3 Å². The smallest absolute Gasteiger partial charge is 0.407 e. The monoisotopic (exact) mass is 498 g/mol. The molecule has 0 saturated heterocycles. The lowest BCUT2D eigenvalue weighted by Crippen LogP contribution is -2.33. The Balaban J connectivity index is 1.06. The molecule has 3 aromatic carbocycles. The number of fused-ring (bicyclic) bond motifs is 4. The molecule has 1 aliphatic heterocycles. The standard InChI is InChI=1S/C29H26N2O6/c1-18(16-26(32)37-31-27(33)23-12-6-7-13-24(23)28(31)34)14-15-30-29(35)36-17-25-21-10-4-2-8-19(21)20-9-3-5-11-22(20)25/h2-13,18,25H,14-17H2,1H3,(H,30,35). The van der Waals surface area contributed by atoms with Crippen LogP contribution in [0.5, 0.6) is 0 Å². The lowest BCUT2D eigenvalue weighted by Gasteiger charge is -2.16. The normalized spacial score (nSPS) is 14.6. The van der Waals surface area contributed by atoms with E-state index >= 15 is 0 Å². The van der Waals surface area contributed by atoms with E-state index in [9.17, 15) is 19.2 Å². The summed E-state index contributed by atoms with van der Waals surface area (Å²) in [5.41, 5.74) is 5.02. The SMILES string of the molecule is CC(CCNC(=O)OCC1c2ccccc2-c2ccccc21)CC(=O)ON1C(=O)c2ccccc2C1=O. The third kappa shape index (κ3) is 4.82. The molecule has 188 valence electrons. The van der Waals surface area contributed by atoms with Gasteiger partial charge in [0.05, 0.1) is 17.5 Å². The van der Waals surface area contributed by atoms with Crippen molar-refractivity contribution >= 4 is 23.9 Å². The first kappa shape index (κ1) is 24.2. The van der Waals surface area contributed by atoms with Crippen LogP contribution in [0.25, 0.3) is 11.1 Å². The molecule has 5 rings (SSSR count). The van der Waals surface area contributed by atoms with Crippen molar-refractivity contribution in [1.29, 1.82) is 0 Å². The van der Waals surface area contributed by atoms with Gasteiger partial charge in [0.25, 0.3) is 11.8 Å². The summed E-state index contributed by atoms with van der Waals surface area (Å²) in [4.78, 5) is 54.4. The maximum atomic E-state index is 12.3. The molecule has 8 nitrogen and oxygen atoms in total. The zero-order valence-corrected chi connectivity index (χ0v) is 20.3. The number of carbonyl (C=O) groups is 4. The van der Waals surface area contributed by atoms with Gasteiger partial charge >= 0.3 is 12.1 Å². The molecule has 1 N–H and O–H groups in total. The molecule has 1 heterocycles. The number of carbonyl (C=O) groups excluding carboxylic acids is 4. The van der Waals surface area contributed by atoms with Crippen LogP contribution in [0.1, 0.15) is 57.5 Å². The van der Waals surface area contributed by atoms with Gasteiger partial charge in [-0.2, -0.15) is 0 Å². The van der Waals surface area contributed by atoms with E-state index in [4.69, 9.17) is 9.57 Å². The molecule has 0 aromatic heterocycles. The van der Waals surface area contributed by atoms with Crippen LogP contribution < -0.4 is 5.32 Å². The van der Waals surface area contributed by atoms with E-state index in [1.807, 2.05) is 31.2 Å². The van der Waals surface area contributed by atoms with Crippen LogP contribution >= 0.6 is 0 Å². The Morgan fingerprint density at radius 3 is 1.92 bits per heavy atom. The van der Waals surface area contributed by atoms with Crippen LogP contribution in [0.15, 0.2) is 72.8 Å². The van der Waals surface area contributed by atoms with Gasteiger partial charge in [-0.15, -0.1) is 0 Å². The number of hydroxylamine groups is 2. The summed E-state index contributed by atoms with van der Waals surface area (Å²) < 4.78 is 5.52. The van der Waals surface area contributed by atoms with Crippen molar-refractivity contribution in [3.63, 3.8) is 0 Å². The fourth-order valence-corrected chi connectivity index (χ4v) is 4.85. The van der Waals surface area contributed by atoms with Crippen LogP contribution in [0, 0.1) is 5.92 Å². The largest absolute Gasteiger partial charge is 0.449 e. The van der Waals surface area contributed by atoms with Crippen molar-refractivity contribution < 1.29 is 28.8 Å². The number of hydrogen-bond acceptors (Lipinski definition) is 6. The second kappa shape index (κ2) is 10.3. The average Bonchev–Trinajstić information content (AvgIpc) is 3.35. The minimum atomic E-state index is -0.692. The second-order valence-corrected chi connectivity index (χ2v) is 9.26. The van der Waals surface area contributed by atoms with Gasteiger partial charge in [-0.05, 0) is 46.7 Å². The molecular formula is C29H26N2O6. The molecule has 1 aliphatic carbocycles. The van der Waals surface area contributed by atoms with Crippen LogP contribution in [0.2, 0.25) is 0 Å². The predicted molar refractivity (Wildman–Crippen MR) is 135 cm³/mol. The maximum absolute atomic E-state index is 12.3. The number of benzene rings is 3. The van der Waals surface area contributed by atoms with Crippen molar-refractivity contribution in [3.8, 4) is 11.1 Å². The van der Waals surface area contributed by atoms with Crippen molar-refractivity contribution in [2.75, 3.05) is 13.2 Å². The topological polar surface area (TPSA) is 102 Å². The van der Waals surface area contributed by atoms with Gasteiger partial charge in [0.15, 0.2) is 0 Å². The summed E-state index contributed by atoms with van der Waals surface area (Å²) in [6, 6.07) is 22.6. The molecule has 1 unspecified atom stereocenters. The number of rotatable bonds is 8. The average molecular weight is 499 g/mol. The van der Waals surface area contributed by atoms with Crippen molar-refractivity contribution in [3.05, 3.63) is 95.1 Å². The van der Waals surface area contributed by atoms with E-state index in [0.29, 0.717) is 18.0 Å². The minimum absolute atomic E-state index is 0.0141. The molecule has 8 heteroatoms. The Morgan fingerprint density at radius 2 is 1.35 bits per heavy atom. The lowest BCUT2D eigenvalue weighted by molar-refractivity contribution is -0.169. The van der Waals surface area contributed by atoms with Gasteiger partial charge in [0.1, 0.15) is 6.61 Å². The number of amides is 3. The van der Waals surface area contributed by atoms with Crippen LogP contribution in [-0.2, 0) is 14.4 Å². The van der Waals surface area contributed by atoms with Gasteiger partial charge in [-0.1, -0.05) is 72.7 Å². The molecular weight excluding hydrogens is 472 g/mol. The van der Waals surface area contributed by atoms with Gasteiger partial charge in [-0.25, -0.2) is 9.59 Å². The quantitative estimate of drug-likeness (QED) is 0.452. The third-order valence-corrected chi connectivity index (χ3v) is 6.72. The van der Waals surface area contributed by atoms with E-state index < -0.39 is 23.9 Å². The molecule has 0 saturated carbocycles. The third-order valence-electron chi connectivity index (χ3n) is 6.72.